The van der Waals surface area contributed by atoms with Crippen molar-refractivity contribution < 1.29 is 9.90 Å². The fourth-order valence-electron chi connectivity index (χ4n) is 2.70. The van der Waals surface area contributed by atoms with E-state index in [1.54, 1.807) is 0 Å². The Balaban J connectivity index is 2.17. The van der Waals surface area contributed by atoms with Crippen LogP contribution in [0.5, 0.6) is 0 Å². The molecule has 2 N–H and O–H groups in total. The highest BCUT2D eigenvalue weighted by molar-refractivity contribution is 5.84. The fraction of sp³-hybridized carbons (Fsp3) is 0.471. The number of benzene rings is 1. The number of hydrogen-bond donors (Lipinski definition) is 2. The second-order valence-electron chi connectivity index (χ2n) is 5.86. The van der Waals surface area contributed by atoms with E-state index in [-0.39, 0.29) is 0 Å². The number of para-hydroxylation sites is 1. The molecule has 0 amide bonds. The van der Waals surface area contributed by atoms with E-state index in [9.17, 15) is 9.90 Å². The number of carboxylic acids is 1. The minimum absolute atomic E-state index is 0.357. The van der Waals surface area contributed by atoms with E-state index in [2.05, 4.69) is 35.1 Å². The summed E-state index contributed by atoms with van der Waals surface area (Å²) in [5.41, 5.74) is 2.36. The number of carbonyl (C=O) groups is 1. The number of nitrogens with one attached hydrogen (secondary N) is 1. The smallest absolute Gasteiger partial charge is 0.320 e. The molecular formula is C17H24N2O2. The summed E-state index contributed by atoms with van der Waals surface area (Å²) >= 11 is 0. The number of fused-ring (bicyclic) bond motifs is 1. The third-order valence-electron chi connectivity index (χ3n) is 3.76. The van der Waals surface area contributed by atoms with Gasteiger partial charge in [-0.1, -0.05) is 32.0 Å². The van der Waals surface area contributed by atoms with Gasteiger partial charge in [0.25, 0.3) is 0 Å². The summed E-state index contributed by atoms with van der Waals surface area (Å²) in [5.74, 6) is -0.418. The standard InChI is InChI=1S/C17H24N2O2/c1-4-19-11-13(14-7-5-6-8-16(14)19)10-18-15(17(20)21)9-12(2)3/h5-8,11-12,15,18H,4,9-10H2,1-3H3,(H,20,21)/t15-/m1/s1. The van der Waals surface area contributed by atoms with Gasteiger partial charge in [-0.15, -0.1) is 0 Å². The summed E-state index contributed by atoms with van der Waals surface area (Å²) in [6.07, 6.45) is 2.76. The summed E-state index contributed by atoms with van der Waals surface area (Å²) < 4.78 is 2.20. The molecule has 0 radical (unpaired) electrons. The molecule has 4 nitrogen and oxygen atoms in total. The highest BCUT2D eigenvalue weighted by atomic mass is 16.4. The number of aliphatic carboxylic acids is 1. The molecule has 0 saturated carbocycles. The molecule has 21 heavy (non-hydrogen) atoms. The topological polar surface area (TPSA) is 54.3 Å². The SMILES string of the molecule is CCn1cc(CN[C@H](CC(C)C)C(=O)O)c2ccccc21. The van der Waals surface area contributed by atoms with Crippen molar-refractivity contribution in [2.24, 2.45) is 5.92 Å². The predicted molar refractivity (Wildman–Crippen MR) is 85.3 cm³/mol. The van der Waals surface area contributed by atoms with Crippen LogP contribution in [0.2, 0.25) is 0 Å². The Morgan fingerprint density at radius 2 is 2.05 bits per heavy atom. The minimum Gasteiger partial charge on any atom is -0.480 e. The first-order chi connectivity index (χ1) is 10.0. The number of aromatic nitrogens is 1. The molecule has 0 saturated heterocycles. The van der Waals surface area contributed by atoms with Crippen LogP contribution in [-0.4, -0.2) is 21.7 Å². The highest BCUT2D eigenvalue weighted by Crippen LogP contribution is 2.21. The zero-order valence-corrected chi connectivity index (χ0v) is 13.0. The van der Waals surface area contributed by atoms with E-state index >= 15 is 0 Å². The maximum atomic E-state index is 11.3. The highest BCUT2D eigenvalue weighted by Gasteiger charge is 2.18. The van der Waals surface area contributed by atoms with E-state index in [1.807, 2.05) is 26.0 Å². The van der Waals surface area contributed by atoms with Gasteiger partial charge in [0.2, 0.25) is 0 Å². The van der Waals surface area contributed by atoms with Crippen molar-refractivity contribution in [1.29, 1.82) is 0 Å². The molecule has 1 aromatic carbocycles. The zero-order valence-electron chi connectivity index (χ0n) is 13.0. The maximum Gasteiger partial charge on any atom is 0.320 e. The van der Waals surface area contributed by atoms with E-state index < -0.39 is 12.0 Å². The first kappa shape index (κ1) is 15.6. The molecule has 1 heterocycles. The first-order valence-electron chi connectivity index (χ1n) is 7.55. The van der Waals surface area contributed by atoms with E-state index in [0.717, 1.165) is 12.1 Å². The molecule has 0 unspecified atom stereocenters. The van der Waals surface area contributed by atoms with E-state index in [1.165, 1.54) is 10.9 Å². The molecule has 114 valence electrons. The third-order valence-corrected chi connectivity index (χ3v) is 3.76. The Morgan fingerprint density at radius 3 is 2.67 bits per heavy atom. The van der Waals surface area contributed by atoms with Gasteiger partial charge in [0.1, 0.15) is 6.04 Å². The quantitative estimate of drug-likeness (QED) is 0.822. The first-order valence-corrected chi connectivity index (χ1v) is 7.55. The van der Waals surface area contributed by atoms with Gasteiger partial charge in [-0.3, -0.25) is 4.79 Å². The van der Waals surface area contributed by atoms with Crippen molar-refractivity contribution >= 4 is 16.9 Å². The van der Waals surface area contributed by atoms with Gasteiger partial charge in [0.15, 0.2) is 0 Å². The number of aryl methyl sites for hydroxylation is 1. The normalized spacial score (nSPS) is 13.0. The lowest BCUT2D eigenvalue weighted by atomic mass is 10.0. The van der Waals surface area contributed by atoms with Crippen LogP contribution in [0, 0.1) is 5.92 Å². The molecule has 0 aliphatic heterocycles. The lowest BCUT2D eigenvalue weighted by molar-refractivity contribution is -0.140. The molecule has 0 fully saturated rings. The number of carboxylic acid groups (broad SMARTS) is 1. The molecule has 0 bridgehead atoms. The molecule has 0 spiro atoms. The average molecular weight is 288 g/mol. The molecular weight excluding hydrogens is 264 g/mol. The van der Waals surface area contributed by atoms with Crippen molar-refractivity contribution in [3.8, 4) is 0 Å². The molecule has 4 heteroatoms. The van der Waals surface area contributed by atoms with Crippen molar-refractivity contribution in [2.45, 2.75) is 46.3 Å². The summed E-state index contributed by atoms with van der Waals surface area (Å²) in [7, 11) is 0. The summed E-state index contributed by atoms with van der Waals surface area (Å²) in [5, 5.41) is 13.7. The largest absolute Gasteiger partial charge is 0.480 e. The lowest BCUT2D eigenvalue weighted by Crippen LogP contribution is -2.37. The molecule has 0 aliphatic carbocycles. The minimum atomic E-state index is -0.775. The Hall–Kier alpha value is -1.81. The monoisotopic (exact) mass is 288 g/mol. The molecule has 1 aromatic heterocycles. The Labute approximate surface area is 125 Å². The van der Waals surface area contributed by atoms with E-state index in [4.69, 9.17) is 0 Å². The summed E-state index contributed by atoms with van der Waals surface area (Å²) in [6, 6.07) is 7.76. The maximum absolute atomic E-state index is 11.3. The van der Waals surface area contributed by atoms with Gasteiger partial charge in [0, 0.05) is 30.2 Å². The van der Waals surface area contributed by atoms with Gasteiger partial charge < -0.3 is 15.0 Å². The summed E-state index contributed by atoms with van der Waals surface area (Å²) in [4.78, 5) is 11.3. The van der Waals surface area contributed by atoms with Crippen LogP contribution < -0.4 is 5.32 Å². The third kappa shape index (κ3) is 3.64. The Kier molecular flexibility index (Phi) is 5.02. The number of nitrogens with zero attached hydrogens (tertiary/aromatic N) is 1. The van der Waals surface area contributed by atoms with Crippen LogP contribution in [0.4, 0.5) is 0 Å². The Morgan fingerprint density at radius 1 is 1.33 bits per heavy atom. The van der Waals surface area contributed by atoms with E-state index in [0.29, 0.717) is 18.9 Å². The fourth-order valence-corrected chi connectivity index (χ4v) is 2.70. The number of rotatable bonds is 7. The molecule has 2 rings (SSSR count). The molecule has 2 aromatic rings. The lowest BCUT2D eigenvalue weighted by Gasteiger charge is -2.16. The van der Waals surface area contributed by atoms with Crippen LogP contribution in [0.3, 0.4) is 0 Å². The predicted octanol–water partition coefficient (Wildman–Crippen LogP) is 3.25. The van der Waals surface area contributed by atoms with Crippen LogP contribution in [-0.2, 0) is 17.9 Å². The Bertz CT molecular complexity index is 616. The van der Waals surface area contributed by atoms with Gasteiger partial charge in [-0.25, -0.2) is 0 Å². The zero-order chi connectivity index (χ0) is 15.4. The number of hydrogen-bond acceptors (Lipinski definition) is 2. The van der Waals surface area contributed by atoms with Crippen LogP contribution >= 0.6 is 0 Å². The second-order valence-corrected chi connectivity index (χ2v) is 5.86. The van der Waals surface area contributed by atoms with Crippen molar-refractivity contribution in [1.82, 2.24) is 9.88 Å². The van der Waals surface area contributed by atoms with Gasteiger partial charge >= 0.3 is 5.97 Å². The summed E-state index contributed by atoms with van der Waals surface area (Å²) in [6.45, 7) is 7.69. The van der Waals surface area contributed by atoms with Crippen molar-refractivity contribution in [3.63, 3.8) is 0 Å². The van der Waals surface area contributed by atoms with Crippen molar-refractivity contribution in [3.05, 3.63) is 36.0 Å². The van der Waals surface area contributed by atoms with Crippen LogP contribution in [0.1, 0.15) is 32.8 Å². The molecule has 0 aliphatic rings. The van der Waals surface area contributed by atoms with Gasteiger partial charge in [-0.2, -0.15) is 0 Å². The van der Waals surface area contributed by atoms with Crippen molar-refractivity contribution in [2.75, 3.05) is 0 Å². The molecule has 1 atom stereocenters. The van der Waals surface area contributed by atoms with Crippen LogP contribution in [0.15, 0.2) is 30.5 Å². The second kappa shape index (κ2) is 6.76. The average Bonchev–Trinajstić information content (AvgIpc) is 2.81. The van der Waals surface area contributed by atoms with Gasteiger partial charge in [-0.05, 0) is 30.9 Å². The van der Waals surface area contributed by atoms with Gasteiger partial charge in [0.05, 0.1) is 0 Å². The van der Waals surface area contributed by atoms with Crippen LogP contribution in [0.25, 0.3) is 10.9 Å².